The number of hydrogen-bond donors (Lipinski definition) is 1. The Morgan fingerprint density at radius 2 is 1.62 bits per heavy atom. The van der Waals surface area contributed by atoms with Gasteiger partial charge in [0.05, 0.1) is 6.42 Å². The zero-order chi connectivity index (χ0) is 20.2. The SMILES string of the molecule is Cc1ccccc1-c1nnc(-c2ccc(NC(=O)Cc3ccc(Cl)cc3)cc2)o1. The fraction of sp³-hybridized carbons (Fsp3) is 0.0870. The van der Waals surface area contributed by atoms with Crippen molar-refractivity contribution in [3.63, 3.8) is 0 Å². The van der Waals surface area contributed by atoms with Crippen molar-refractivity contribution in [1.29, 1.82) is 0 Å². The summed E-state index contributed by atoms with van der Waals surface area (Å²) in [5.74, 6) is 0.820. The van der Waals surface area contributed by atoms with Crippen molar-refractivity contribution in [2.24, 2.45) is 0 Å². The highest BCUT2D eigenvalue weighted by atomic mass is 35.5. The second kappa shape index (κ2) is 8.29. The van der Waals surface area contributed by atoms with E-state index in [9.17, 15) is 4.79 Å². The van der Waals surface area contributed by atoms with Crippen molar-refractivity contribution in [2.75, 3.05) is 5.32 Å². The first-order chi connectivity index (χ1) is 14.1. The molecule has 0 atom stereocenters. The number of amides is 1. The predicted molar refractivity (Wildman–Crippen MR) is 114 cm³/mol. The molecular formula is C23H18ClN3O2. The van der Waals surface area contributed by atoms with E-state index in [4.69, 9.17) is 16.0 Å². The number of anilines is 1. The van der Waals surface area contributed by atoms with Crippen LogP contribution >= 0.6 is 11.6 Å². The van der Waals surface area contributed by atoms with Gasteiger partial charge in [0.1, 0.15) is 0 Å². The number of aromatic nitrogens is 2. The van der Waals surface area contributed by atoms with E-state index in [0.29, 0.717) is 22.5 Å². The Morgan fingerprint density at radius 1 is 0.931 bits per heavy atom. The maximum absolute atomic E-state index is 12.2. The van der Waals surface area contributed by atoms with Gasteiger partial charge >= 0.3 is 0 Å². The number of benzene rings is 3. The number of nitrogens with zero attached hydrogens (tertiary/aromatic N) is 2. The summed E-state index contributed by atoms with van der Waals surface area (Å²) in [4.78, 5) is 12.2. The number of nitrogens with one attached hydrogen (secondary N) is 1. The lowest BCUT2D eigenvalue weighted by atomic mass is 10.1. The number of carbonyl (C=O) groups is 1. The first-order valence-corrected chi connectivity index (χ1v) is 9.50. The van der Waals surface area contributed by atoms with E-state index in [1.54, 1.807) is 12.1 Å². The number of rotatable bonds is 5. The van der Waals surface area contributed by atoms with Crippen molar-refractivity contribution in [3.05, 3.63) is 88.9 Å². The summed E-state index contributed by atoms with van der Waals surface area (Å²) >= 11 is 5.87. The zero-order valence-corrected chi connectivity index (χ0v) is 16.5. The highest BCUT2D eigenvalue weighted by molar-refractivity contribution is 6.30. The van der Waals surface area contributed by atoms with Gasteiger partial charge in [0, 0.05) is 21.8 Å². The minimum atomic E-state index is -0.0975. The quantitative estimate of drug-likeness (QED) is 0.474. The Kier molecular flexibility index (Phi) is 5.40. The molecule has 4 rings (SSSR count). The molecule has 0 saturated carbocycles. The predicted octanol–water partition coefficient (Wildman–Crippen LogP) is 5.55. The summed E-state index contributed by atoms with van der Waals surface area (Å²) in [6, 6.07) is 22.4. The van der Waals surface area contributed by atoms with E-state index in [1.807, 2.05) is 67.6 Å². The fourth-order valence-corrected chi connectivity index (χ4v) is 3.08. The van der Waals surface area contributed by atoms with Crippen molar-refractivity contribution in [1.82, 2.24) is 10.2 Å². The van der Waals surface area contributed by atoms with Crippen LogP contribution in [0.15, 0.2) is 77.2 Å². The minimum absolute atomic E-state index is 0.0975. The normalized spacial score (nSPS) is 10.7. The summed E-state index contributed by atoms with van der Waals surface area (Å²) in [5, 5.41) is 11.8. The molecule has 0 aliphatic carbocycles. The van der Waals surface area contributed by atoms with Gasteiger partial charge in [0.15, 0.2) is 0 Å². The van der Waals surface area contributed by atoms with E-state index in [1.165, 1.54) is 0 Å². The van der Waals surface area contributed by atoms with E-state index in [0.717, 1.165) is 22.3 Å². The lowest BCUT2D eigenvalue weighted by Gasteiger charge is -2.06. The first kappa shape index (κ1) is 18.9. The highest BCUT2D eigenvalue weighted by Gasteiger charge is 2.12. The molecular weight excluding hydrogens is 386 g/mol. The maximum atomic E-state index is 12.2. The van der Waals surface area contributed by atoms with Crippen molar-refractivity contribution in [3.8, 4) is 22.9 Å². The summed E-state index contributed by atoms with van der Waals surface area (Å²) in [7, 11) is 0. The molecule has 1 N–H and O–H groups in total. The van der Waals surface area contributed by atoms with Gasteiger partial charge in [-0.05, 0) is 60.5 Å². The molecule has 1 amide bonds. The molecule has 0 bridgehead atoms. The second-order valence-electron chi connectivity index (χ2n) is 6.66. The van der Waals surface area contributed by atoms with Crippen LogP contribution in [0.25, 0.3) is 22.9 Å². The smallest absolute Gasteiger partial charge is 0.248 e. The van der Waals surface area contributed by atoms with E-state index in [-0.39, 0.29) is 12.3 Å². The lowest BCUT2D eigenvalue weighted by molar-refractivity contribution is -0.115. The van der Waals surface area contributed by atoms with Crippen LogP contribution in [0, 0.1) is 6.92 Å². The van der Waals surface area contributed by atoms with Crippen LogP contribution in [0.2, 0.25) is 5.02 Å². The molecule has 29 heavy (non-hydrogen) atoms. The Morgan fingerprint density at radius 3 is 2.34 bits per heavy atom. The molecule has 0 unspecified atom stereocenters. The van der Waals surface area contributed by atoms with Crippen molar-refractivity contribution >= 4 is 23.2 Å². The van der Waals surface area contributed by atoms with Crippen LogP contribution in [0.4, 0.5) is 5.69 Å². The fourth-order valence-electron chi connectivity index (χ4n) is 2.95. The second-order valence-corrected chi connectivity index (χ2v) is 7.09. The molecule has 0 aliphatic heterocycles. The lowest BCUT2D eigenvalue weighted by Crippen LogP contribution is -2.14. The third-order valence-corrected chi connectivity index (χ3v) is 4.75. The number of hydrogen-bond acceptors (Lipinski definition) is 4. The average molecular weight is 404 g/mol. The number of halogens is 1. The standard InChI is InChI=1S/C23H18ClN3O2/c1-15-4-2-3-5-20(15)23-27-26-22(29-23)17-8-12-19(13-9-17)25-21(28)14-16-6-10-18(24)11-7-16/h2-13H,14H2,1H3,(H,25,28). The number of aryl methyl sites for hydroxylation is 1. The van der Waals surface area contributed by atoms with Gasteiger partial charge in [-0.2, -0.15) is 0 Å². The van der Waals surface area contributed by atoms with Gasteiger partial charge in [0.25, 0.3) is 0 Å². The molecule has 5 nitrogen and oxygen atoms in total. The van der Waals surface area contributed by atoms with Crippen LogP contribution in [-0.2, 0) is 11.2 Å². The highest BCUT2D eigenvalue weighted by Crippen LogP contribution is 2.26. The van der Waals surface area contributed by atoms with Crippen molar-refractivity contribution in [2.45, 2.75) is 13.3 Å². The van der Waals surface area contributed by atoms with Crippen LogP contribution in [0.3, 0.4) is 0 Å². The largest absolute Gasteiger partial charge is 0.416 e. The average Bonchev–Trinajstić information content (AvgIpc) is 3.20. The Bertz CT molecular complexity index is 1140. The Balaban J connectivity index is 1.43. The van der Waals surface area contributed by atoms with Gasteiger partial charge in [0.2, 0.25) is 17.7 Å². The Hall–Kier alpha value is -3.44. The van der Waals surface area contributed by atoms with Crippen LogP contribution in [-0.4, -0.2) is 16.1 Å². The van der Waals surface area contributed by atoms with Gasteiger partial charge in [-0.1, -0.05) is 41.9 Å². The van der Waals surface area contributed by atoms with Crippen LogP contribution in [0.5, 0.6) is 0 Å². The topological polar surface area (TPSA) is 68.0 Å². The van der Waals surface area contributed by atoms with Gasteiger partial charge in [-0.25, -0.2) is 0 Å². The van der Waals surface area contributed by atoms with Gasteiger partial charge < -0.3 is 9.73 Å². The van der Waals surface area contributed by atoms with Crippen LogP contribution in [0.1, 0.15) is 11.1 Å². The minimum Gasteiger partial charge on any atom is -0.416 e. The molecule has 0 spiro atoms. The van der Waals surface area contributed by atoms with E-state index < -0.39 is 0 Å². The summed E-state index contributed by atoms with van der Waals surface area (Å²) < 4.78 is 5.83. The third-order valence-electron chi connectivity index (χ3n) is 4.49. The molecule has 144 valence electrons. The molecule has 4 aromatic rings. The molecule has 1 heterocycles. The van der Waals surface area contributed by atoms with E-state index in [2.05, 4.69) is 15.5 Å². The van der Waals surface area contributed by atoms with Gasteiger partial charge in [-0.3, -0.25) is 4.79 Å². The number of carbonyl (C=O) groups excluding carboxylic acids is 1. The maximum Gasteiger partial charge on any atom is 0.248 e. The molecule has 3 aromatic carbocycles. The van der Waals surface area contributed by atoms with Gasteiger partial charge in [-0.15, -0.1) is 10.2 Å². The molecule has 0 aliphatic rings. The van der Waals surface area contributed by atoms with Crippen molar-refractivity contribution < 1.29 is 9.21 Å². The molecule has 0 fully saturated rings. The zero-order valence-electron chi connectivity index (χ0n) is 15.7. The van der Waals surface area contributed by atoms with E-state index >= 15 is 0 Å². The Labute approximate surface area is 173 Å². The molecule has 0 radical (unpaired) electrons. The molecule has 1 aromatic heterocycles. The molecule has 6 heteroatoms. The monoisotopic (exact) mass is 403 g/mol. The summed E-state index contributed by atoms with van der Waals surface area (Å²) in [5.41, 5.74) is 4.37. The summed E-state index contributed by atoms with van der Waals surface area (Å²) in [6.07, 6.45) is 0.280. The van der Waals surface area contributed by atoms with Crippen LogP contribution < -0.4 is 5.32 Å². The summed E-state index contributed by atoms with van der Waals surface area (Å²) in [6.45, 7) is 2.00. The molecule has 0 saturated heterocycles. The first-order valence-electron chi connectivity index (χ1n) is 9.13. The third kappa shape index (κ3) is 4.52.